The Labute approximate surface area is 167 Å². The summed E-state index contributed by atoms with van der Waals surface area (Å²) >= 11 is 0. The van der Waals surface area contributed by atoms with Crippen LogP contribution >= 0.6 is 0 Å². The van der Waals surface area contributed by atoms with Crippen LogP contribution in [-0.2, 0) is 14.3 Å². The molecule has 0 amide bonds. The minimum atomic E-state index is -0.760. The number of hydrogen-bond donors (Lipinski definition) is 1. The maximum absolute atomic E-state index is 13.1. The fraction of sp³-hybridized carbons (Fsp3) is 0.182. The van der Waals surface area contributed by atoms with Gasteiger partial charge in [-0.2, -0.15) is 5.26 Å². The zero-order valence-corrected chi connectivity index (χ0v) is 15.9. The number of ether oxygens (including phenoxy) is 3. The zero-order chi connectivity index (χ0) is 21.0. The quantitative estimate of drug-likeness (QED) is 0.762. The van der Waals surface area contributed by atoms with Crippen molar-refractivity contribution in [3.05, 3.63) is 82.7 Å². The molecule has 0 aromatic heterocycles. The molecule has 0 fully saturated rings. The largest absolute Gasteiger partial charge is 0.463 e. The Balaban J connectivity index is 2.03. The first kappa shape index (κ1) is 20.0. The van der Waals surface area contributed by atoms with Crippen molar-refractivity contribution in [3.63, 3.8) is 0 Å². The molecule has 1 aliphatic heterocycles. The molecule has 0 saturated heterocycles. The number of esters is 1. The van der Waals surface area contributed by atoms with Gasteiger partial charge < -0.3 is 19.9 Å². The third-order valence-electron chi connectivity index (χ3n) is 4.34. The standard InChI is InChI=1S/C22H19FN2O4/c1-3-27-22(26)19-13(2)28-21(25)18(12-24)20(19)14-5-4-6-17(11-14)29-16-9-7-15(23)8-10-16/h4-11,20H,3,25H2,1-2H3. The van der Waals surface area contributed by atoms with Gasteiger partial charge >= 0.3 is 5.97 Å². The monoisotopic (exact) mass is 394 g/mol. The minimum Gasteiger partial charge on any atom is -0.463 e. The molecule has 2 aromatic carbocycles. The Bertz CT molecular complexity index is 1040. The van der Waals surface area contributed by atoms with Gasteiger partial charge in [0.05, 0.1) is 18.1 Å². The fourth-order valence-electron chi connectivity index (χ4n) is 3.08. The van der Waals surface area contributed by atoms with Crippen LogP contribution in [-0.4, -0.2) is 12.6 Å². The SMILES string of the molecule is CCOC(=O)C1=C(C)OC(N)=C(C#N)C1c1cccc(Oc2ccc(F)cc2)c1. The molecule has 0 saturated carbocycles. The highest BCUT2D eigenvalue weighted by atomic mass is 19.1. The lowest BCUT2D eigenvalue weighted by Crippen LogP contribution is -2.25. The van der Waals surface area contributed by atoms with E-state index in [1.165, 1.54) is 24.3 Å². The third-order valence-corrected chi connectivity index (χ3v) is 4.34. The fourth-order valence-corrected chi connectivity index (χ4v) is 3.08. The smallest absolute Gasteiger partial charge is 0.338 e. The summed E-state index contributed by atoms with van der Waals surface area (Å²) < 4.78 is 29.4. The predicted molar refractivity (Wildman–Crippen MR) is 103 cm³/mol. The summed E-state index contributed by atoms with van der Waals surface area (Å²) in [5, 5.41) is 9.63. The highest BCUT2D eigenvalue weighted by molar-refractivity contribution is 5.92. The first-order valence-corrected chi connectivity index (χ1v) is 8.93. The van der Waals surface area contributed by atoms with Crippen LogP contribution in [0.3, 0.4) is 0 Å². The van der Waals surface area contributed by atoms with Crippen LogP contribution in [0, 0.1) is 17.1 Å². The van der Waals surface area contributed by atoms with Crippen LogP contribution in [0.2, 0.25) is 0 Å². The van der Waals surface area contributed by atoms with Crippen LogP contribution in [0.5, 0.6) is 11.5 Å². The summed E-state index contributed by atoms with van der Waals surface area (Å²) in [5.74, 6) is -0.597. The van der Waals surface area contributed by atoms with E-state index < -0.39 is 11.9 Å². The predicted octanol–water partition coefficient (Wildman–Crippen LogP) is 4.26. The van der Waals surface area contributed by atoms with E-state index >= 15 is 0 Å². The van der Waals surface area contributed by atoms with Crippen LogP contribution < -0.4 is 10.5 Å². The van der Waals surface area contributed by atoms with Crippen molar-refractivity contribution in [1.82, 2.24) is 0 Å². The Morgan fingerprint density at radius 1 is 1.24 bits per heavy atom. The van der Waals surface area contributed by atoms with E-state index in [4.69, 9.17) is 19.9 Å². The van der Waals surface area contributed by atoms with E-state index in [1.807, 2.05) is 6.07 Å². The Morgan fingerprint density at radius 2 is 1.97 bits per heavy atom. The Kier molecular flexibility index (Phi) is 5.84. The van der Waals surface area contributed by atoms with Gasteiger partial charge in [-0.1, -0.05) is 12.1 Å². The van der Waals surface area contributed by atoms with Crippen LogP contribution in [0.1, 0.15) is 25.3 Å². The lowest BCUT2D eigenvalue weighted by atomic mass is 9.83. The number of nitrogens with two attached hydrogens (primary N) is 1. The van der Waals surface area contributed by atoms with Gasteiger partial charge in [-0.25, -0.2) is 9.18 Å². The highest BCUT2D eigenvalue weighted by Gasteiger charge is 2.36. The topological polar surface area (TPSA) is 94.6 Å². The van der Waals surface area contributed by atoms with Gasteiger partial charge in [0, 0.05) is 0 Å². The van der Waals surface area contributed by atoms with Crippen LogP contribution in [0.25, 0.3) is 0 Å². The maximum Gasteiger partial charge on any atom is 0.338 e. The van der Waals surface area contributed by atoms with Crippen molar-refractivity contribution in [2.24, 2.45) is 5.73 Å². The van der Waals surface area contributed by atoms with Crippen molar-refractivity contribution in [3.8, 4) is 17.6 Å². The molecule has 2 N–H and O–H groups in total. The molecule has 6 nitrogen and oxygen atoms in total. The zero-order valence-electron chi connectivity index (χ0n) is 15.9. The average molecular weight is 394 g/mol. The molecule has 29 heavy (non-hydrogen) atoms. The summed E-state index contributed by atoms with van der Waals surface area (Å²) in [6.45, 7) is 3.47. The Morgan fingerprint density at radius 3 is 2.62 bits per heavy atom. The van der Waals surface area contributed by atoms with E-state index in [-0.39, 0.29) is 35.2 Å². The van der Waals surface area contributed by atoms with Crippen LogP contribution in [0.4, 0.5) is 4.39 Å². The number of halogens is 1. The van der Waals surface area contributed by atoms with Crippen LogP contribution in [0.15, 0.2) is 71.3 Å². The number of hydrogen-bond acceptors (Lipinski definition) is 6. The molecular formula is C22H19FN2O4. The number of nitrogens with zero attached hydrogens (tertiary/aromatic N) is 1. The van der Waals surface area contributed by atoms with Crippen molar-refractivity contribution < 1.29 is 23.4 Å². The second-order valence-corrected chi connectivity index (χ2v) is 6.24. The Hall–Kier alpha value is -3.79. The first-order chi connectivity index (χ1) is 13.9. The number of carbonyl (C=O) groups excluding carboxylic acids is 1. The maximum atomic E-state index is 13.1. The summed E-state index contributed by atoms with van der Waals surface area (Å²) in [6, 6.07) is 14.5. The van der Waals surface area contributed by atoms with Gasteiger partial charge in [0.25, 0.3) is 0 Å². The summed E-state index contributed by atoms with van der Waals surface area (Å²) in [6.07, 6.45) is 0. The molecule has 2 aromatic rings. The molecule has 1 atom stereocenters. The van der Waals surface area contributed by atoms with E-state index in [9.17, 15) is 14.4 Å². The second kappa shape index (κ2) is 8.48. The molecule has 7 heteroatoms. The summed E-state index contributed by atoms with van der Waals surface area (Å²) in [7, 11) is 0. The molecule has 1 aliphatic rings. The van der Waals surface area contributed by atoms with E-state index in [0.717, 1.165) is 0 Å². The molecule has 0 radical (unpaired) electrons. The second-order valence-electron chi connectivity index (χ2n) is 6.24. The third kappa shape index (κ3) is 4.22. The molecule has 148 valence electrons. The molecule has 0 spiro atoms. The minimum absolute atomic E-state index is 0.0621. The highest BCUT2D eigenvalue weighted by Crippen LogP contribution is 2.40. The van der Waals surface area contributed by atoms with Crippen molar-refractivity contribution in [1.29, 1.82) is 5.26 Å². The summed E-state index contributed by atoms with van der Waals surface area (Å²) in [5.41, 5.74) is 6.82. The molecular weight excluding hydrogens is 375 g/mol. The lowest BCUT2D eigenvalue weighted by molar-refractivity contribution is -0.139. The number of allylic oxidation sites excluding steroid dienone is 2. The number of rotatable bonds is 5. The molecule has 0 bridgehead atoms. The summed E-state index contributed by atoms with van der Waals surface area (Å²) in [4.78, 5) is 12.6. The molecule has 1 unspecified atom stereocenters. The van der Waals surface area contributed by atoms with Gasteiger partial charge in [0.15, 0.2) is 0 Å². The molecule has 0 aliphatic carbocycles. The van der Waals surface area contributed by atoms with Gasteiger partial charge in [0.2, 0.25) is 5.88 Å². The number of carbonyl (C=O) groups is 1. The molecule has 3 rings (SSSR count). The first-order valence-electron chi connectivity index (χ1n) is 8.93. The normalized spacial score (nSPS) is 16.1. The van der Waals surface area contributed by atoms with E-state index in [0.29, 0.717) is 17.1 Å². The van der Waals surface area contributed by atoms with Gasteiger partial charge in [0.1, 0.15) is 34.7 Å². The van der Waals surface area contributed by atoms with E-state index in [1.54, 1.807) is 38.1 Å². The van der Waals surface area contributed by atoms with Gasteiger partial charge in [-0.15, -0.1) is 0 Å². The van der Waals surface area contributed by atoms with Gasteiger partial charge in [-0.3, -0.25) is 0 Å². The van der Waals surface area contributed by atoms with Crippen molar-refractivity contribution in [2.45, 2.75) is 19.8 Å². The average Bonchev–Trinajstić information content (AvgIpc) is 2.69. The van der Waals surface area contributed by atoms with Crippen molar-refractivity contribution >= 4 is 5.97 Å². The molecule has 1 heterocycles. The number of nitriles is 1. The number of benzene rings is 2. The van der Waals surface area contributed by atoms with Crippen molar-refractivity contribution in [2.75, 3.05) is 6.61 Å². The van der Waals surface area contributed by atoms with E-state index in [2.05, 4.69) is 0 Å². The van der Waals surface area contributed by atoms with Gasteiger partial charge in [-0.05, 0) is 55.8 Å². The lowest BCUT2D eigenvalue weighted by Gasteiger charge is -2.27.